The van der Waals surface area contributed by atoms with Gasteiger partial charge in [-0.3, -0.25) is 0 Å². The normalized spacial score (nSPS) is 15.4. The van der Waals surface area contributed by atoms with Crippen LogP contribution < -0.4 is 5.73 Å². The van der Waals surface area contributed by atoms with Crippen LogP contribution in [0.2, 0.25) is 5.02 Å². The molecule has 2 nitrogen and oxygen atoms in total. The second kappa shape index (κ2) is 4.61. The standard InChI is InChI=1S/C10H14ClNO/c1-7(13-2)10(12)8-3-5-9(11)6-4-8/h3-7,10H,12H2,1-2H3. The summed E-state index contributed by atoms with van der Waals surface area (Å²) in [5, 5.41) is 0.723. The number of ether oxygens (including phenoxy) is 1. The molecular weight excluding hydrogens is 186 g/mol. The summed E-state index contributed by atoms with van der Waals surface area (Å²) in [5.41, 5.74) is 6.97. The maximum absolute atomic E-state index is 5.93. The van der Waals surface area contributed by atoms with E-state index in [1.165, 1.54) is 0 Å². The molecule has 72 valence electrons. The molecular formula is C10H14ClNO. The summed E-state index contributed by atoms with van der Waals surface area (Å²) in [5.74, 6) is 0. The van der Waals surface area contributed by atoms with Crippen molar-refractivity contribution in [3.05, 3.63) is 34.9 Å². The molecule has 0 saturated heterocycles. The van der Waals surface area contributed by atoms with Gasteiger partial charge in [-0.05, 0) is 24.6 Å². The number of rotatable bonds is 3. The fourth-order valence-electron chi connectivity index (χ4n) is 1.10. The van der Waals surface area contributed by atoms with Crippen LogP contribution in [0.1, 0.15) is 18.5 Å². The summed E-state index contributed by atoms with van der Waals surface area (Å²) in [6.07, 6.45) is 0.0150. The van der Waals surface area contributed by atoms with Crippen molar-refractivity contribution in [2.75, 3.05) is 7.11 Å². The van der Waals surface area contributed by atoms with E-state index in [-0.39, 0.29) is 12.1 Å². The first-order valence-electron chi connectivity index (χ1n) is 4.19. The van der Waals surface area contributed by atoms with Crippen LogP contribution in [-0.2, 0) is 4.74 Å². The van der Waals surface area contributed by atoms with E-state index in [1.807, 2.05) is 31.2 Å². The van der Waals surface area contributed by atoms with E-state index in [4.69, 9.17) is 22.1 Å². The zero-order valence-electron chi connectivity index (χ0n) is 7.83. The van der Waals surface area contributed by atoms with Crippen molar-refractivity contribution < 1.29 is 4.74 Å². The predicted molar refractivity (Wildman–Crippen MR) is 54.9 cm³/mol. The van der Waals surface area contributed by atoms with E-state index in [1.54, 1.807) is 7.11 Å². The third-order valence-corrected chi connectivity index (χ3v) is 2.38. The van der Waals surface area contributed by atoms with Gasteiger partial charge in [0.1, 0.15) is 0 Å². The zero-order chi connectivity index (χ0) is 9.84. The average Bonchev–Trinajstić information content (AvgIpc) is 2.17. The summed E-state index contributed by atoms with van der Waals surface area (Å²) in [6, 6.07) is 7.41. The third kappa shape index (κ3) is 2.69. The van der Waals surface area contributed by atoms with Crippen LogP contribution in [-0.4, -0.2) is 13.2 Å². The molecule has 2 atom stereocenters. The van der Waals surface area contributed by atoms with Crippen molar-refractivity contribution in [3.63, 3.8) is 0 Å². The molecule has 0 saturated carbocycles. The lowest BCUT2D eigenvalue weighted by Crippen LogP contribution is -2.24. The van der Waals surface area contributed by atoms with Crippen LogP contribution in [0, 0.1) is 0 Å². The van der Waals surface area contributed by atoms with E-state index in [9.17, 15) is 0 Å². The van der Waals surface area contributed by atoms with Gasteiger partial charge >= 0.3 is 0 Å². The van der Waals surface area contributed by atoms with Crippen LogP contribution >= 0.6 is 11.6 Å². The Labute approximate surface area is 83.6 Å². The van der Waals surface area contributed by atoms with Gasteiger partial charge in [0.2, 0.25) is 0 Å². The second-order valence-corrected chi connectivity index (χ2v) is 3.45. The molecule has 3 heteroatoms. The lowest BCUT2D eigenvalue weighted by molar-refractivity contribution is 0.0957. The lowest BCUT2D eigenvalue weighted by Gasteiger charge is -2.18. The topological polar surface area (TPSA) is 35.2 Å². The van der Waals surface area contributed by atoms with Crippen molar-refractivity contribution in [1.82, 2.24) is 0 Å². The summed E-state index contributed by atoms with van der Waals surface area (Å²) in [6.45, 7) is 1.94. The molecule has 0 aliphatic heterocycles. The Kier molecular flexibility index (Phi) is 3.72. The number of halogens is 1. The maximum atomic E-state index is 5.93. The van der Waals surface area contributed by atoms with Gasteiger partial charge < -0.3 is 10.5 Å². The average molecular weight is 200 g/mol. The monoisotopic (exact) mass is 199 g/mol. The van der Waals surface area contributed by atoms with Crippen LogP contribution in [0.4, 0.5) is 0 Å². The molecule has 0 fully saturated rings. The van der Waals surface area contributed by atoms with Crippen LogP contribution in [0.5, 0.6) is 0 Å². The highest BCUT2D eigenvalue weighted by molar-refractivity contribution is 6.30. The van der Waals surface area contributed by atoms with Gasteiger partial charge in [0.05, 0.1) is 12.1 Å². The maximum Gasteiger partial charge on any atom is 0.0735 e. The van der Waals surface area contributed by atoms with Crippen LogP contribution in [0.25, 0.3) is 0 Å². The number of hydrogen-bond donors (Lipinski definition) is 1. The fraction of sp³-hybridized carbons (Fsp3) is 0.400. The first-order chi connectivity index (χ1) is 6.15. The summed E-state index contributed by atoms with van der Waals surface area (Å²) < 4.78 is 5.14. The Balaban J connectivity index is 2.77. The zero-order valence-corrected chi connectivity index (χ0v) is 8.58. The quantitative estimate of drug-likeness (QED) is 0.812. The predicted octanol–water partition coefficient (Wildman–Crippen LogP) is 2.37. The SMILES string of the molecule is COC(C)C(N)c1ccc(Cl)cc1. The number of benzene rings is 1. The highest BCUT2D eigenvalue weighted by atomic mass is 35.5. The van der Waals surface area contributed by atoms with E-state index in [2.05, 4.69) is 0 Å². The molecule has 13 heavy (non-hydrogen) atoms. The molecule has 2 unspecified atom stereocenters. The molecule has 2 N–H and O–H groups in total. The van der Waals surface area contributed by atoms with Crippen molar-refractivity contribution in [1.29, 1.82) is 0 Å². The Morgan fingerprint density at radius 2 is 1.85 bits per heavy atom. The van der Waals surface area contributed by atoms with Crippen molar-refractivity contribution in [3.8, 4) is 0 Å². The minimum absolute atomic E-state index is 0.0150. The third-order valence-electron chi connectivity index (χ3n) is 2.13. The highest BCUT2D eigenvalue weighted by Gasteiger charge is 2.13. The summed E-state index contributed by atoms with van der Waals surface area (Å²) in [4.78, 5) is 0. The second-order valence-electron chi connectivity index (χ2n) is 3.02. The van der Waals surface area contributed by atoms with Crippen molar-refractivity contribution >= 4 is 11.6 Å². The van der Waals surface area contributed by atoms with Gasteiger partial charge in [-0.1, -0.05) is 23.7 Å². The van der Waals surface area contributed by atoms with Gasteiger partial charge in [-0.15, -0.1) is 0 Å². The number of hydrogen-bond acceptors (Lipinski definition) is 2. The van der Waals surface area contributed by atoms with Gasteiger partial charge in [0, 0.05) is 12.1 Å². The van der Waals surface area contributed by atoms with E-state index in [0.29, 0.717) is 0 Å². The van der Waals surface area contributed by atoms with Gasteiger partial charge in [-0.2, -0.15) is 0 Å². The minimum Gasteiger partial charge on any atom is -0.380 e. The molecule has 0 aliphatic rings. The first kappa shape index (κ1) is 10.5. The number of methoxy groups -OCH3 is 1. The van der Waals surface area contributed by atoms with Gasteiger partial charge in [-0.25, -0.2) is 0 Å². The van der Waals surface area contributed by atoms with Gasteiger partial charge in [0.25, 0.3) is 0 Å². The molecule has 1 rings (SSSR count). The lowest BCUT2D eigenvalue weighted by atomic mass is 10.0. The number of nitrogens with two attached hydrogens (primary N) is 1. The Morgan fingerprint density at radius 3 is 2.31 bits per heavy atom. The molecule has 0 aromatic heterocycles. The van der Waals surface area contributed by atoms with E-state index in [0.717, 1.165) is 10.6 Å². The van der Waals surface area contributed by atoms with Crippen molar-refractivity contribution in [2.24, 2.45) is 5.73 Å². The fourth-order valence-corrected chi connectivity index (χ4v) is 1.23. The summed E-state index contributed by atoms with van der Waals surface area (Å²) in [7, 11) is 1.65. The summed E-state index contributed by atoms with van der Waals surface area (Å²) >= 11 is 5.76. The Bertz CT molecular complexity index is 260. The van der Waals surface area contributed by atoms with Crippen LogP contribution in [0.3, 0.4) is 0 Å². The molecule has 0 amide bonds. The molecule has 0 bridgehead atoms. The first-order valence-corrected chi connectivity index (χ1v) is 4.56. The van der Waals surface area contributed by atoms with Crippen LogP contribution in [0.15, 0.2) is 24.3 Å². The van der Waals surface area contributed by atoms with Crippen molar-refractivity contribution in [2.45, 2.75) is 19.1 Å². The molecule has 0 aliphatic carbocycles. The minimum atomic E-state index is -0.0951. The smallest absolute Gasteiger partial charge is 0.0735 e. The van der Waals surface area contributed by atoms with E-state index < -0.39 is 0 Å². The highest BCUT2D eigenvalue weighted by Crippen LogP contribution is 2.18. The molecule has 0 heterocycles. The van der Waals surface area contributed by atoms with Gasteiger partial charge in [0.15, 0.2) is 0 Å². The Hall–Kier alpha value is -0.570. The molecule has 0 spiro atoms. The van der Waals surface area contributed by atoms with E-state index >= 15 is 0 Å². The molecule has 0 radical (unpaired) electrons. The Morgan fingerprint density at radius 1 is 1.31 bits per heavy atom. The molecule has 1 aromatic carbocycles. The molecule has 1 aromatic rings. The largest absolute Gasteiger partial charge is 0.380 e.